The maximum atomic E-state index is 13.1. The maximum absolute atomic E-state index is 13.1. The van der Waals surface area contributed by atoms with E-state index < -0.39 is 11.9 Å². The van der Waals surface area contributed by atoms with Crippen molar-refractivity contribution in [2.75, 3.05) is 11.9 Å². The summed E-state index contributed by atoms with van der Waals surface area (Å²) in [4.78, 5) is 51.4. The fourth-order valence-electron chi connectivity index (χ4n) is 7.83. The zero-order valence-corrected chi connectivity index (χ0v) is 32.3. The standard InChI is InChI=1S/C43H42ClN9O4/c1-27-49-50-39-19-16-36(47-32-14-12-31(44)13-15-32)34-22-29(11-17-37(34)53(27)39)30-23-46-51(24-30)26-41(55)45-21-6-4-2-3-5-8-28-9-7-10-33-35(28)25-52(43(33)57)38-18-20-40(54)48-42(38)56/h7,9-15,17,22-24,36,38,47H,2-4,6,16,18-21,25-26H2,1H3,(H,45,55)(H,48,54,56). The summed E-state index contributed by atoms with van der Waals surface area (Å²) in [7, 11) is 0. The maximum Gasteiger partial charge on any atom is 0.255 e. The zero-order valence-electron chi connectivity index (χ0n) is 31.6. The highest BCUT2D eigenvalue weighted by molar-refractivity contribution is 6.30. The van der Waals surface area contributed by atoms with Gasteiger partial charge in [-0.05, 0) is 97.8 Å². The van der Waals surface area contributed by atoms with Crippen LogP contribution < -0.4 is 16.0 Å². The topological polar surface area (TPSA) is 156 Å². The molecule has 2 aromatic heterocycles. The summed E-state index contributed by atoms with van der Waals surface area (Å²) < 4.78 is 3.79. The third-order valence-corrected chi connectivity index (χ3v) is 11.0. The van der Waals surface area contributed by atoms with E-state index in [0.29, 0.717) is 36.5 Å². The third kappa shape index (κ3) is 8.18. The van der Waals surface area contributed by atoms with E-state index in [-0.39, 0.29) is 36.7 Å². The second kappa shape index (κ2) is 16.5. The van der Waals surface area contributed by atoms with Crippen molar-refractivity contribution in [3.05, 3.63) is 112 Å². The molecule has 8 rings (SSSR count). The van der Waals surface area contributed by atoms with E-state index in [0.717, 1.165) is 82.9 Å². The number of rotatable bonds is 11. The van der Waals surface area contributed by atoms with Crippen LogP contribution in [0.4, 0.5) is 5.69 Å². The van der Waals surface area contributed by atoms with Crippen molar-refractivity contribution in [2.45, 2.75) is 83.5 Å². The fraction of sp³-hybridized carbons (Fsp3) is 0.326. The van der Waals surface area contributed by atoms with Gasteiger partial charge in [-0.1, -0.05) is 42.0 Å². The number of imide groups is 1. The Morgan fingerprint density at radius 3 is 2.68 bits per heavy atom. The van der Waals surface area contributed by atoms with Crippen LogP contribution in [-0.4, -0.2) is 65.7 Å². The lowest BCUT2D eigenvalue weighted by molar-refractivity contribution is -0.137. The number of halogens is 1. The van der Waals surface area contributed by atoms with Crippen molar-refractivity contribution >= 4 is 40.9 Å². The van der Waals surface area contributed by atoms with Crippen LogP contribution in [0.15, 0.2) is 73.1 Å². The van der Waals surface area contributed by atoms with Gasteiger partial charge in [-0.25, -0.2) is 0 Å². The molecule has 3 aliphatic rings. The Kier molecular flexibility index (Phi) is 10.9. The number of amides is 4. The van der Waals surface area contributed by atoms with Gasteiger partial charge in [-0.2, -0.15) is 5.10 Å². The van der Waals surface area contributed by atoms with Crippen molar-refractivity contribution in [2.24, 2.45) is 0 Å². The van der Waals surface area contributed by atoms with Gasteiger partial charge in [0.05, 0.1) is 17.9 Å². The molecule has 3 N–H and O–H groups in total. The Labute approximate surface area is 335 Å². The molecule has 13 nitrogen and oxygen atoms in total. The summed E-state index contributed by atoms with van der Waals surface area (Å²) >= 11 is 6.15. The van der Waals surface area contributed by atoms with E-state index in [1.807, 2.05) is 49.5 Å². The highest BCUT2D eigenvalue weighted by Gasteiger charge is 2.39. The first-order valence-electron chi connectivity index (χ1n) is 19.3. The van der Waals surface area contributed by atoms with Gasteiger partial charge in [0.15, 0.2) is 0 Å². The van der Waals surface area contributed by atoms with E-state index in [4.69, 9.17) is 11.6 Å². The first-order valence-corrected chi connectivity index (χ1v) is 19.7. The predicted molar refractivity (Wildman–Crippen MR) is 214 cm³/mol. The number of anilines is 1. The van der Waals surface area contributed by atoms with Crippen molar-refractivity contribution in [1.29, 1.82) is 0 Å². The molecule has 0 aliphatic carbocycles. The number of fused-ring (bicyclic) bond motifs is 4. The van der Waals surface area contributed by atoms with Crippen molar-refractivity contribution < 1.29 is 19.2 Å². The van der Waals surface area contributed by atoms with Crippen molar-refractivity contribution in [3.8, 4) is 28.7 Å². The Bertz CT molecular complexity index is 2430. The van der Waals surface area contributed by atoms with Crippen molar-refractivity contribution in [3.63, 3.8) is 0 Å². The van der Waals surface area contributed by atoms with E-state index in [1.54, 1.807) is 21.8 Å². The van der Waals surface area contributed by atoms with Crippen LogP contribution in [0.25, 0.3) is 16.8 Å². The highest BCUT2D eigenvalue weighted by atomic mass is 35.5. The van der Waals surface area contributed by atoms with Gasteiger partial charge in [0, 0.05) is 65.9 Å². The Balaban J connectivity index is 0.819. The van der Waals surface area contributed by atoms with Gasteiger partial charge >= 0.3 is 0 Å². The molecule has 4 amide bonds. The molecule has 3 aliphatic heterocycles. The van der Waals surface area contributed by atoms with E-state index in [1.165, 1.54) is 0 Å². The van der Waals surface area contributed by atoms with Crippen LogP contribution in [0.5, 0.6) is 0 Å². The van der Waals surface area contributed by atoms with Gasteiger partial charge in [0.25, 0.3) is 5.91 Å². The minimum atomic E-state index is -0.653. The third-order valence-electron chi connectivity index (χ3n) is 10.8. The van der Waals surface area contributed by atoms with Gasteiger partial charge in [-0.3, -0.25) is 33.7 Å². The SMILES string of the molecule is Cc1nnc2n1-c1ccc(-c3cnn(CC(=O)NCCCCCC#Cc4cccc5c4CN(C4CCC(=O)NC4=O)C5=O)c3)cc1C(Nc1ccc(Cl)cc1)CC2. The van der Waals surface area contributed by atoms with Crippen LogP contribution >= 0.6 is 11.6 Å². The molecule has 5 aromatic rings. The molecule has 57 heavy (non-hydrogen) atoms. The van der Waals surface area contributed by atoms with Crippen molar-refractivity contribution in [1.82, 2.24) is 40.1 Å². The number of hydrogen-bond acceptors (Lipinski definition) is 8. The summed E-state index contributed by atoms with van der Waals surface area (Å²) in [6.45, 7) is 2.94. The Morgan fingerprint density at radius 1 is 0.982 bits per heavy atom. The second-order valence-electron chi connectivity index (χ2n) is 14.6. The number of carbonyl (C=O) groups is 4. The van der Waals surface area contributed by atoms with Crippen LogP contribution in [0.1, 0.15) is 89.7 Å². The van der Waals surface area contributed by atoms with Gasteiger partial charge < -0.3 is 15.5 Å². The molecule has 2 unspecified atom stereocenters. The van der Waals surface area contributed by atoms with Crippen LogP contribution in [-0.2, 0) is 33.9 Å². The number of nitrogens with one attached hydrogen (secondary N) is 3. The summed E-state index contributed by atoms with van der Waals surface area (Å²) in [5, 5.41) is 23.0. The molecule has 1 fully saturated rings. The number of aryl methyl sites for hydroxylation is 2. The molecule has 3 aromatic carbocycles. The molecule has 0 bridgehead atoms. The lowest BCUT2D eigenvalue weighted by Gasteiger charge is -2.29. The molecular weight excluding hydrogens is 742 g/mol. The predicted octanol–water partition coefficient (Wildman–Crippen LogP) is 5.68. The van der Waals surface area contributed by atoms with Crippen LogP contribution in [0.2, 0.25) is 5.02 Å². The zero-order chi connectivity index (χ0) is 39.5. The number of aromatic nitrogens is 5. The highest BCUT2D eigenvalue weighted by Crippen LogP contribution is 2.36. The average Bonchev–Trinajstić information content (AvgIpc) is 3.89. The number of benzene rings is 3. The summed E-state index contributed by atoms with van der Waals surface area (Å²) in [5.74, 6) is 7.17. The van der Waals surface area contributed by atoms with Crippen LogP contribution in [0, 0.1) is 18.8 Å². The molecule has 0 spiro atoms. The minimum Gasteiger partial charge on any atom is -0.378 e. The number of unbranched alkanes of at least 4 members (excludes halogenated alkanes) is 3. The monoisotopic (exact) mass is 783 g/mol. The Hall–Kier alpha value is -6.26. The lowest BCUT2D eigenvalue weighted by Crippen LogP contribution is -2.52. The molecule has 290 valence electrons. The summed E-state index contributed by atoms with van der Waals surface area (Å²) in [5.41, 5.74) is 7.22. The van der Waals surface area contributed by atoms with Gasteiger partial charge in [0.2, 0.25) is 17.7 Å². The largest absolute Gasteiger partial charge is 0.378 e. The summed E-state index contributed by atoms with van der Waals surface area (Å²) in [6, 6.07) is 18.9. The quantitative estimate of drug-likeness (QED) is 0.0878. The first kappa shape index (κ1) is 37.7. The van der Waals surface area contributed by atoms with Gasteiger partial charge in [-0.15, -0.1) is 10.2 Å². The molecule has 2 atom stereocenters. The number of hydrogen-bond donors (Lipinski definition) is 3. The van der Waals surface area contributed by atoms with E-state index in [9.17, 15) is 19.2 Å². The second-order valence-corrected chi connectivity index (χ2v) is 15.1. The molecule has 14 heteroatoms. The van der Waals surface area contributed by atoms with Crippen LogP contribution in [0.3, 0.4) is 0 Å². The molecule has 0 radical (unpaired) electrons. The molecule has 0 saturated carbocycles. The molecular formula is C43H42ClN9O4. The smallest absolute Gasteiger partial charge is 0.255 e. The number of carbonyl (C=O) groups excluding carboxylic acids is 4. The first-order chi connectivity index (χ1) is 27.7. The summed E-state index contributed by atoms with van der Waals surface area (Å²) in [6.07, 6.45) is 9.11. The normalized spacial score (nSPS) is 17.2. The Morgan fingerprint density at radius 2 is 1.84 bits per heavy atom. The average molecular weight is 784 g/mol. The molecule has 1 saturated heterocycles. The lowest BCUT2D eigenvalue weighted by atomic mass is 9.97. The van der Waals surface area contributed by atoms with E-state index in [2.05, 4.69) is 65.9 Å². The number of piperidine rings is 1. The minimum absolute atomic E-state index is 0.0199. The fourth-order valence-corrected chi connectivity index (χ4v) is 7.96. The number of nitrogens with zero attached hydrogens (tertiary/aromatic N) is 6. The molecule has 5 heterocycles. The van der Waals surface area contributed by atoms with E-state index >= 15 is 0 Å². The van der Waals surface area contributed by atoms with Gasteiger partial charge in [0.1, 0.15) is 24.2 Å².